The molecule has 42 valence electrons. The summed E-state index contributed by atoms with van der Waals surface area (Å²) in [7, 11) is 0. The molecule has 0 saturated heterocycles. The molecule has 0 amide bonds. The maximum Gasteiger partial charge on any atom is 1.00 e. The van der Waals surface area contributed by atoms with Crippen LogP contribution in [0.2, 0.25) is 0 Å². The Morgan fingerprint density at radius 1 is 1.44 bits per heavy atom. The van der Waals surface area contributed by atoms with Crippen molar-refractivity contribution in [3.05, 3.63) is 35.9 Å². The zero-order valence-corrected chi connectivity index (χ0v) is 5.59. The van der Waals surface area contributed by atoms with Gasteiger partial charge < -0.3 is 5.73 Å². The third-order valence-electron chi connectivity index (χ3n) is 0.993. The Labute approximate surface area is 67.4 Å². The van der Waals surface area contributed by atoms with Gasteiger partial charge in [-0.2, -0.15) is 30.3 Å². The van der Waals surface area contributed by atoms with Crippen LogP contribution in [0.25, 0.3) is 0 Å². The van der Waals surface area contributed by atoms with Gasteiger partial charge in [-0.25, -0.2) is 0 Å². The van der Waals surface area contributed by atoms with Crippen molar-refractivity contribution in [3.63, 3.8) is 0 Å². The van der Waals surface area contributed by atoms with Crippen molar-refractivity contribution in [3.8, 4) is 0 Å². The van der Waals surface area contributed by atoms with Gasteiger partial charge in [0.2, 0.25) is 0 Å². The summed E-state index contributed by atoms with van der Waals surface area (Å²) in [4.78, 5) is 0. The van der Waals surface area contributed by atoms with E-state index in [2.05, 4.69) is 6.07 Å². The van der Waals surface area contributed by atoms with Gasteiger partial charge in [0.15, 0.2) is 0 Å². The van der Waals surface area contributed by atoms with Gasteiger partial charge in [-0.3, -0.25) is 0 Å². The molecule has 0 bridgehead atoms. The number of benzene rings is 1. The van der Waals surface area contributed by atoms with Crippen LogP contribution in [-0.4, -0.2) is 0 Å². The first-order valence-electron chi connectivity index (χ1n) is 2.59. The van der Waals surface area contributed by atoms with Crippen molar-refractivity contribution in [2.75, 3.05) is 0 Å². The molecule has 0 saturated carbocycles. The summed E-state index contributed by atoms with van der Waals surface area (Å²) in [5.74, 6) is 0. The standard InChI is InChI=1S/C7H8N.Li/c8-6-7-4-2-1-3-5-7;/h1-4H,6,8H2;/q-1;+1. The number of nitrogens with two attached hydrogens (primary N) is 1. The fraction of sp³-hybridized carbons (Fsp3) is 0.143. The van der Waals surface area contributed by atoms with Crippen LogP contribution in [0.15, 0.2) is 24.3 Å². The van der Waals surface area contributed by atoms with Gasteiger partial charge >= 0.3 is 18.9 Å². The number of hydrogen-bond acceptors (Lipinski definition) is 1. The number of hydrogen-bond donors (Lipinski definition) is 1. The monoisotopic (exact) mass is 113 g/mol. The van der Waals surface area contributed by atoms with Crippen LogP contribution in [0.1, 0.15) is 5.56 Å². The minimum atomic E-state index is 0. The van der Waals surface area contributed by atoms with Crippen LogP contribution in [0, 0.1) is 6.07 Å². The van der Waals surface area contributed by atoms with Crippen LogP contribution in [0.4, 0.5) is 0 Å². The Morgan fingerprint density at radius 3 is 2.56 bits per heavy atom. The smallest absolute Gasteiger partial charge is 0.328 e. The third-order valence-corrected chi connectivity index (χ3v) is 0.993. The molecule has 0 aliphatic rings. The summed E-state index contributed by atoms with van der Waals surface area (Å²) in [6.07, 6.45) is 0. The van der Waals surface area contributed by atoms with E-state index in [4.69, 9.17) is 5.73 Å². The van der Waals surface area contributed by atoms with Crippen LogP contribution >= 0.6 is 0 Å². The molecule has 2 N–H and O–H groups in total. The Balaban J connectivity index is 0.000000640. The van der Waals surface area contributed by atoms with Crippen molar-refractivity contribution in [2.24, 2.45) is 5.73 Å². The third kappa shape index (κ3) is 2.72. The molecule has 2 heteroatoms. The molecule has 1 rings (SSSR count). The van der Waals surface area contributed by atoms with Crippen LogP contribution in [0.5, 0.6) is 0 Å². The quantitative estimate of drug-likeness (QED) is 0.329. The molecule has 0 atom stereocenters. The second-order valence-electron chi connectivity index (χ2n) is 1.59. The fourth-order valence-electron chi connectivity index (χ4n) is 0.557. The molecule has 0 aliphatic carbocycles. The van der Waals surface area contributed by atoms with Crippen molar-refractivity contribution in [2.45, 2.75) is 6.54 Å². The molecular weight excluding hydrogens is 105 g/mol. The summed E-state index contributed by atoms with van der Waals surface area (Å²) in [5.41, 5.74) is 6.38. The van der Waals surface area contributed by atoms with E-state index < -0.39 is 0 Å². The predicted octanol–water partition coefficient (Wildman–Crippen LogP) is -2.05. The van der Waals surface area contributed by atoms with Gasteiger partial charge in [0.25, 0.3) is 0 Å². The van der Waals surface area contributed by atoms with Gasteiger partial charge in [-0.05, 0) is 6.54 Å². The maximum absolute atomic E-state index is 5.32. The van der Waals surface area contributed by atoms with Crippen molar-refractivity contribution in [1.29, 1.82) is 0 Å². The minimum Gasteiger partial charge on any atom is -0.328 e. The first kappa shape index (κ1) is 8.78. The first-order valence-corrected chi connectivity index (χ1v) is 2.59. The topological polar surface area (TPSA) is 26.0 Å². The zero-order chi connectivity index (χ0) is 5.82. The SMILES string of the molecule is NCc1[c-]cccc1.[Li+]. The van der Waals surface area contributed by atoms with Crippen LogP contribution in [-0.2, 0) is 6.54 Å². The second-order valence-corrected chi connectivity index (χ2v) is 1.59. The summed E-state index contributed by atoms with van der Waals surface area (Å²) < 4.78 is 0. The molecule has 9 heavy (non-hydrogen) atoms. The maximum atomic E-state index is 5.32. The van der Waals surface area contributed by atoms with Crippen LogP contribution < -0.4 is 24.6 Å². The molecule has 0 radical (unpaired) electrons. The molecular formula is C7H8LiN. The van der Waals surface area contributed by atoms with Gasteiger partial charge in [0.05, 0.1) is 0 Å². The van der Waals surface area contributed by atoms with E-state index in [-0.39, 0.29) is 18.9 Å². The number of rotatable bonds is 1. The summed E-state index contributed by atoms with van der Waals surface area (Å²) in [6.45, 7) is 0.584. The van der Waals surface area contributed by atoms with E-state index in [1.54, 1.807) is 0 Å². The molecule has 0 spiro atoms. The molecule has 1 aromatic carbocycles. The average molecular weight is 113 g/mol. The molecule has 0 heterocycles. The van der Waals surface area contributed by atoms with Crippen molar-refractivity contribution < 1.29 is 18.9 Å². The normalized spacial score (nSPS) is 8.11. The van der Waals surface area contributed by atoms with Crippen molar-refractivity contribution >= 4 is 0 Å². The van der Waals surface area contributed by atoms with E-state index in [0.29, 0.717) is 6.54 Å². The Morgan fingerprint density at radius 2 is 2.22 bits per heavy atom. The van der Waals surface area contributed by atoms with Crippen LogP contribution in [0.3, 0.4) is 0 Å². The molecule has 0 unspecified atom stereocenters. The summed E-state index contributed by atoms with van der Waals surface area (Å²) >= 11 is 0. The Bertz CT molecular complexity index is 150. The minimum absolute atomic E-state index is 0. The van der Waals surface area contributed by atoms with Gasteiger partial charge in [0, 0.05) is 0 Å². The molecule has 1 aromatic rings. The summed E-state index contributed by atoms with van der Waals surface area (Å²) in [5, 5.41) is 0. The summed E-state index contributed by atoms with van der Waals surface area (Å²) in [6, 6.07) is 10.7. The van der Waals surface area contributed by atoms with Crippen molar-refractivity contribution in [1.82, 2.24) is 0 Å². The van der Waals surface area contributed by atoms with E-state index >= 15 is 0 Å². The van der Waals surface area contributed by atoms with Gasteiger partial charge in [-0.15, -0.1) is 5.56 Å². The van der Waals surface area contributed by atoms with E-state index in [1.807, 2.05) is 24.3 Å². The molecule has 1 nitrogen and oxygen atoms in total. The fourth-order valence-corrected chi connectivity index (χ4v) is 0.557. The first-order chi connectivity index (χ1) is 3.93. The zero-order valence-electron chi connectivity index (χ0n) is 5.59. The van der Waals surface area contributed by atoms with Gasteiger partial charge in [-0.1, -0.05) is 0 Å². The largest absolute Gasteiger partial charge is 1.00 e. The molecule has 0 aliphatic heterocycles. The van der Waals surface area contributed by atoms with E-state index in [9.17, 15) is 0 Å². The Kier molecular flexibility index (Phi) is 4.52. The predicted molar refractivity (Wildman–Crippen MR) is 33.2 cm³/mol. The van der Waals surface area contributed by atoms with E-state index in [0.717, 1.165) is 5.56 Å². The van der Waals surface area contributed by atoms with Gasteiger partial charge in [0.1, 0.15) is 0 Å². The average Bonchev–Trinajstić information content (AvgIpc) is 1.90. The Hall–Kier alpha value is -0.223. The second kappa shape index (κ2) is 4.64. The van der Waals surface area contributed by atoms with E-state index in [1.165, 1.54) is 0 Å². The molecule has 0 aromatic heterocycles. The molecule has 0 fully saturated rings.